The van der Waals surface area contributed by atoms with Gasteiger partial charge in [-0.1, -0.05) is 25.5 Å². The fourth-order valence-electron chi connectivity index (χ4n) is 7.26. The van der Waals surface area contributed by atoms with Crippen LogP contribution in [0.2, 0.25) is 0 Å². The zero-order valence-corrected chi connectivity index (χ0v) is 16.6. The molecule has 4 aliphatic rings. The molecule has 0 heterocycles. The molecule has 28 heavy (non-hydrogen) atoms. The first-order chi connectivity index (χ1) is 13.0. The number of aliphatic hydroxyl groups is 3. The number of halogens is 1. The lowest BCUT2D eigenvalue weighted by atomic mass is 9.44. The van der Waals surface area contributed by atoms with E-state index >= 15 is 4.39 Å². The molecule has 0 aromatic carbocycles. The number of alkyl halides is 1. The number of hydrogen-bond acceptors (Lipinski definition) is 5. The second-order valence-electron chi connectivity index (χ2n) is 9.75. The average Bonchev–Trinajstić information content (AvgIpc) is 2.84. The van der Waals surface area contributed by atoms with Crippen molar-refractivity contribution in [3.05, 3.63) is 23.8 Å². The Bertz CT molecular complexity index is 805. The maximum Gasteiger partial charge on any atom is 0.190 e. The van der Waals surface area contributed by atoms with Crippen LogP contribution >= 0.6 is 0 Å². The molecule has 0 aromatic rings. The summed E-state index contributed by atoms with van der Waals surface area (Å²) in [5.74, 6) is -2.12. The minimum absolute atomic E-state index is 0.0676. The first kappa shape index (κ1) is 19.9. The summed E-state index contributed by atoms with van der Waals surface area (Å²) in [5, 5.41) is 32.0. The Kier molecular flexibility index (Phi) is 4.15. The molecule has 6 heteroatoms. The first-order valence-electron chi connectivity index (χ1n) is 10.1. The summed E-state index contributed by atoms with van der Waals surface area (Å²) in [4.78, 5) is 24.4. The van der Waals surface area contributed by atoms with E-state index in [9.17, 15) is 24.9 Å². The van der Waals surface area contributed by atoms with Crippen LogP contribution in [0.1, 0.15) is 46.5 Å². The van der Waals surface area contributed by atoms with Crippen LogP contribution in [0.3, 0.4) is 0 Å². The Hall–Kier alpha value is -1.37. The number of aliphatic hydroxyl groups excluding tert-OH is 2. The number of rotatable bonds is 2. The van der Waals surface area contributed by atoms with Crippen LogP contribution in [0.5, 0.6) is 0 Å². The van der Waals surface area contributed by atoms with Crippen molar-refractivity contribution in [1.29, 1.82) is 0 Å². The van der Waals surface area contributed by atoms with Gasteiger partial charge in [-0.2, -0.15) is 0 Å². The van der Waals surface area contributed by atoms with Crippen molar-refractivity contribution in [3.63, 3.8) is 0 Å². The summed E-state index contributed by atoms with van der Waals surface area (Å²) in [6.07, 6.45) is 4.44. The van der Waals surface area contributed by atoms with Crippen molar-refractivity contribution >= 4 is 11.6 Å². The molecule has 5 nitrogen and oxygen atoms in total. The Balaban J connectivity index is 1.84. The van der Waals surface area contributed by atoms with E-state index in [0.717, 1.165) is 0 Å². The molecular weight excluding hydrogens is 363 g/mol. The number of carbonyl (C=O) groups excluding carboxylic acids is 2. The summed E-state index contributed by atoms with van der Waals surface area (Å²) < 4.78 is 16.9. The van der Waals surface area contributed by atoms with Gasteiger partial charge >= 0.3 is 0 Å². The van der Waals surface area contributed by atoms with Gasteiger partial charge in [-0.05, 0) is 56.6 Å². The Morgan fingerprint density at radius 2 is 2.00 bits per heavy atom. The van der Waals surface area contributed by atoms with Crippen molar-refractivity contribution in [1.82, 2.24) is 0 Å². The van der Waals surface area contributed by atoms with Gasteiger partial charge in [-0.15, -0.1) is 0 Å². The maximum atomic E-state index is 16.9. The maximum absolute atomic E-state index is 16.9. The number of Topliss-reactive ketones (excluding diaryl/α,β-unsaturated/α-hetero) is 1. The minimum atomic E-state index is -1.98. The lowest BCUT2D eigenvalue weighted by Gasteiger charge is -2.62. The summed E-state index contributed by atoms with van der Waals surface area (Å²) in [7, 11) is 0. The van der Waals surface area contributed by atoms with Crippen LogP contribution in [-0.4, -0.2) is 50.9 Å². The molecule has 0 bridgehead atoms. The number of allylic oxidation sites excluding steroid dienone is 4. The highest BCUT2D eigenvalue weighted by Gasteiger charge is 2.75. The van der Waals surface area contributed by atoms with Gasteiger partial charge in [0, 0.05) is 16.7 Å². The topological polar surface area (TPSA) is 94.8 Å². The third kappa shape index (κ3) is 2.01. The van der Waals surface area contributed by atoms with Crippen LogP contribution < -0.4 is 0 Å². The monoisotopic (exact) mass is 392 g/mol. The van der Waals surface area contributed by atoms with Gasteiger partial charge in [-0.25, -0.2) is 4.39 Å². The molecule has 0 aromatic heterocycles. The molecule has 3 N–H and O–H groups in total. The van der Waals surface area contributed by atoms with Gasteiger partial charge in [0.2, 0.25) is 0 Å². The lowest BCUT2D eigenvalue weighted by Crippen LogP contribution is -2.69. The number of fused-ring (bicyclic) bond motifs is 5. The molecule has 0 unspecified atom stereocenters. The molecule has 8 atom stereocenters. The highest BCUT2D eigenvalue weighted by atomic mass is 19.1. The third-order valence-electron chi connectivity index (χ3n) is 8.79. The van der Waals surface area contributed by atoms with E-state index < -0.39 is 52.4 Å². The number of hydrogen-bond donors (Lipinski definition) is 3. The summed E-state index contributed by atoms with van der Waals surface area (Å²) in [6.45, 7) is 4.48. The summed E-state index contributed by atoms with van der Waals surface area (Å²) in [6, 6.07) is 0. The lowest BCUT2D eigenvalue weighted by molar-refractivity contribution is -0.219. The van der Waals surface area contributed by atoms with Crippen LogP contribution in [0, 0.1) is 28.6 Å². The number of carbonyl (C=O) groups is 2. The SMILES string of the molecule is C[C@H]1C[C@@H]2[C@@H]3CCC4=CC(=O)C=C[C@]4(C)[C@@]3(F)[C@@H](O)C[C@]2(C)[C@]1(O)C(=O)CO. The van der Waals surface area contributed by atoms with E-state index in [1.54, 1.807) is 26.8 Å². The van der Waals surface area contributed by atoms with Crippen molar-refractivity contribution in [3.8, 4) is 0 Å². The van der Waals surface area contributed by atoms with E-state index in [0.29, 0.717) is 24.8 Å². The Morgan fingerprint density at radius 3 is 2.64 bits per heavy atom. The molecule has 0 radical (unpaired) electrons. The van der Waals surface area contributed by atoms with Crippen LogP contribution in [0.25, 0.3) is 0 Å². The molecule has 0 saturated heterocycles. The quantitative estimate of drug-likeness (QED) is 0.667. The highest BCUT2D eigenvalue weighted by molar-refractivity contribution is 6.01. The molecule has 154 valence electrons. The molecular formula is C22H29FO5. The molecule has 0 aliphatic heterocycles. The van der Waals surface area contributed by atoms with Crippen molar-refractivity contribution in [2.24, 2.45) is 28.6 Å². The second-order valence-corrected chi connectivity index (χ2v) is 9.75. The van der Waals surface area contributed by atoms with Gasteiger partial charge in [0.05, 0.1) is 6.10 Å². The molecule has 4 aliphatic carbocycles. The zero-order valence-electron chi connectivity index (χ0n) is 16.6. The van der Waals surface area contributed by atoms with Gasteiger partial charge in [-0.3, -0.25) is 9.59 Å². The molecule has 3 saturated carbocycles. The fourth-order valence-corrected chi connectivity index (χ4v) is 7.26. The molecule has 0 spiro atoms. The largest absolute Gasteiger partial charge is 0.390 e. The van der Waals surface area contributed by atoms with Crippen LogP contribution in [-0.2, 0) is 9.59 Å². The van der Waals surface area contributed by atoms with Crippen molar-refractivity contribution in [2.75, 3.05) is 6.61 Å². The van der Waals surface area contributed by atoms with E-state index in [-0.39, 0.29) is 18.1 Å². The van der Waals surface area contributed by atoms with Gasteiger partial charge in [0.15, 0.2) is 17.2 Å². The van der Waals surface area contributed by atoms with Crippen LogP contribution in [0.4, 0.5) is 4.39 Å². The van der Waals surface area contributed by atoms with E-state index in [1.165, 1.54) is 12.2 Å². The first-order valence-corrected chi connectivity index (χ1v) is 10.1. The summed E-state index contributed by atoms with van der Waals surface area (Å²) in [5.41, 5.74) is -5.17. The third-order valence-corrected chi connectivity index (χ3v) is 8.79. The molecule has 4 rings (SSSR count). The zero-order chi connectivity index (χ0) is 20.7. The minimum Gasteiger partial charge on any atom is -0.390 e. The fraction of sp³-hybridized carbons (Fsp3) is 0.727. The van der Waals surface area contributed by atoms with E-state index in [2.05, 4.69) is 0 Å². The van der Waals surface area contributed by atoms with Crippen molar-refractivity contribution < 1.29 is 29.3 Å². The Labute approximate surface area is 164 Å². The highest BCUT2D eigenvalue weighted by Crippen LogP contribution is 2.70. The number of ketones is 2. The Morgan fingerprint density at radius 1 is 1.32 bits per heavy atom. The van der Waals surface area contributed by atoms with Gasteiger partial charge in [0.25, 0.3) is 0 Å². The average molecular weight is 392 g/mol. The van der Waals surface area contributed by atoms with E-state index in [1.807, 2.05) is 0 Å². The normalized spacial score (nSPS) is 52.5. The van der Waals surface area contributed by atoms with E-state index in [4.69, 9.17) is 0 Å². The standard InChI is InChI=1S/C22H29FO5/c1-12-8-16-15-5-4-13-9-14(25)6-7-19(13,2)21(15,23)17(26)10-20(16,3)22(12,28)18(27)11-24/h6-7,9,12,15-17,24,26,28H,4-5,8,10-11H2,1-3H3/t12-,15-,16+,17-,19-,20-,21-,22+/m0/s1. The molecule has 3 fully saturated rings. The van der Waals surface area contributed by atoms with Gasteiger partial charge in [0.1, 0.15) is 12.2 Å². The molecule has 0 amide bonds. The second kappa shape index (κ2) is 5.83. The predicted octanol–water partition coefficient (Wildman–Crippen LogP) is 1.90. The smallest absolute Gasteiger partial charge is 0.190 e. The van der Waals surface area contributed by atoms with Gasteiger partial charge < -0.3 is 15.3 Å². The predicted molar refractivity (Wildman–Crippen MR) is 99.9 cm³/mol. The summed E-state index contributed by atoms with van der Waals surface area (Å²) >= 11 is 0. The van der Waals surface area contributed by atoms with Crippen LogP contribution in [0.15, 0.2) is 23.8 Å². The van der Waals surface area contributed by atoms with Crippen molar-refractivity contribution in [2.45, 2.75) is 63.8 Å².